The van der Waals surface area contributed by atoms with Crippen LogP contribution in [0.15, 0.2) is 42.5 Å². The highest BCUT2D eigenvalue weighted by Crippen LogP contribution is 2.44. The number of likely N-dealkylation sites (tertiary alicyclic amines) is 1. The second-order valence-corrected chi connectivity index (χ2v) is 10.8. The quantitative estimate of drug-likeness (QED) is 0.165. The number of thioether (sulfide) groups is 1. The standard InChI is InChI=1S/C29H34N4O6S/c1-33-26(34)17-25(29(33)35)40-13-12-38-9-8-37-10-11-39-24-15-20-14-22-27(21(20)16-23(24)36-2)31-32-28(22)30-18-19-6-4-3-5-7-19/h3-7,15-16,25H,8-14,17-18H2,1-2H3,(H2,30,31,32). The maximum Gasteiger partial charge on any atom is 0.242 e. The lowest BCUT2D eigenvalue weighted by Crippen LogP contribution is -2.26. The Balaban J connectivity index is 1.02. The van der Waals surface area contributed by atoms with Crippen molar-refractivity contribution in [1.82, 2.24) is 15.1 Å². The van der Waals surface area contributed by atoms with E-state index in [4.69, 9.17) is 18.9 Å². The molecular weight excluding hydrogens is 532 g/mol. The number of fused-ring (bicyclic) bond motifs is 3. The van der Waals surface area contributed by atoms with Gasteiger partial charge in [0.2, 0.25) is 11.8 Å². The number of aromatic amines is 1. The number of ether oxygens (including phenoxy) is 4. The number of H-pyrrole nitrogens is 1. The molecule has 5 rings (SSSR count). The number of nitrogens with one attached hydrogen (secondary N) is 2. The monoisotopic (exact) mass is 566 g/mol. The summed E-state index contributed by atoms with van der Waals surface area (Å²) >= 11 is 1.46. The maximum absolute atomic E-state index is 11.9. The molecule has 1 unspecified atom stereocenters. The van der Waals surface area contributed by atoms with Crippen molar-refractivity contribution in [3.63, 3.8) is 0 Å². The minimum absolute atomic E-state index is 0.121. The van der Waals surface area contributed by atoms with Crippen molar-refractivity contribution in [2.45, 2.75) is 24.6 Å². The van der Waals surface area contributed by atoms with Crippen LogP contribution in [0.25, 0.3) is 11.3 Å². The van der Waals surface area contributed by atoms with Crippen LogP contribution in [0.1, 0.15) is 23.1 Å². The third kappa shape index (κ3) is 6.43. The predicted octanol–water partition coefficient (Wildman–Crippen LogP) is 3.50. The molecule has 2 aromatic carbocycles. The van der Waals surface area contributed by atoms with Crippen molar-refractivity contribution in [3.8, 4) is 22.8 Å². The van der Waals surface area contributed by atoms with Crippen molar-refractivity contribution in [3.05, 3.63) is 59.2 Å². The van der Waals surface area contributed by atoms with E-state index in [0.29, 0.717) is 56.8 Å². The predicted molar refractivity (Wildman–Crippen MR) is 153 cm³/mol. The van der Waals surface area contributed by atoms with Gasteiger partial charge in [0.1, 0.15) is 6.61 Å². The van der Waals surface area contributed by atoms with Crippen LogP contribution in [0, 0.1) is 0 Å². The van der Waals surface area contributed by atoms with Gasteiger partial charge in [-0.05, 0) is 23.3 Å². The third-order valence-electron chi connectivity index (χ3n) is 6.94. The minimum Gasteiger partial charge on any atom is -0.493 e. The lowest BCUT2D eigenvalue weighted by molar-refractivity contribution is -0.136. The van der Waals surface area contributed by atoms with Gasteiger partial charge < -0.3 is 24.3 Å². The van der Waals surface area contributed by atoms with E-state index < -0.39 is 0 Å². The van der Waals surface area contributed by atoms with Gasteiger partial charge in [0.25, 0.3) is 0 Å². The molecule has 11 heteroatoms. The first kappa shape index (κ1) is 28.0. The van der Waals surface area contributed by atoms with Gasteiger partial charge in [-0.3, -0.25) is 19.6 Å². The molecule has 1 aliphatic carbocycles. The molecule has 10 nitrogen and oxygen atoms in total. The molecule has 1 aliphatic heterocycles. The minimum atomic E-state index is -0.287. The Morgan fingerprint density at radius 1 is 1.05 bits per heavy atom. The van der Waals surface area contributed by atoms with Crippen LogP contribution in [0.5, 0.6) is 11.5 Å². The molecule has 0 radical (unpaired) electrons. The van der Waals surface area contributed by atoms with E-state index in [1.807, 2.05) is 30.3 Å². The number of anilines is 1. The number of hydrogen-bond acceptors (Lipinski definition) is 9. The number of imide groups is 1. The van der Waals surface area contributed by atoms with Crippen LogP contribution in [0.4, 0.5) is 5.82 Å². The molecule has 1 atom stereocenters. The molecule has 0 bridgehead atoms. The zero-order valence-electron chi connectivity index (χ0n) is 22.7. The Kier molecular flexibility index (Phi) is 9.25. The molecule has 0 saturated carbocycles. The Hall–Kier alpha value is -3.54. The summed E-state index contributed by atoms with van der Waals surface area (Å²) in [4.78, 5) is 24.7. The number of hydrogen-bond donors (Lipinski definition) is 2. The SMILES string of the molecule is COc1cc2c(cc1OCCOCCOCCSC1CC(=O)N(C)C1=O)Cc1c(NCc3ccccc3)n[nH]c1-2. The maximum atomic E-state index is 11.9. The molecule has 212 valence electrons. The molecule has 2 amide bonds. The summed E-state index contributed by atoms with van der Waals surface area (Å²) in [5.41, 5.74) is 5.57. The molecule has 3 aromatic rings. The first-order valence-electron chi connectivity index (χ1n) is 13.3. The van der Waals surface area contributed by atoms with E-state index in [-0.39, 0.29) is 23.5 Å². The van der Waals surface area contributed by atoms with E-state index in [0.717, 1.165) is 34.6 Å². The van der Waals surface area contributed by atoms with E-state index in [2.05, 4.69) is 27.6 Å². The summed E-state index contributed by atoms with van der Waals surface area (Å²) < 4.78 is 22.8. The summed E-state index contributed by atoms with van der Waals surface area (Å²) in [6.07, 6.45) is 1.03. The van der Waals surface area contributed by atoms with Crippen LogP contribution in [0.3, 0.4) is 0 Å². The first-order chi connectivity index (χ1) is 19.5. The highest BCUT2D eigenvalue weighted by molar-refractivity contribution is 8.00. The lowest BCUT2D eigenvalue weighted by atomic mass is 10.1. The van der Waals surface area contributed by atoms with Gasteiger partial charge in [-0.15, -0.1) is 11.8 Å². The largest absolute Gasteiger partial charge is 0.493 e. The normalized spacial score (nSPS) is 15.8. The highest BCUT2D eigenvalue weighted by Gasteiger charge is 2.36. The number of methoxy groups -OCH3 is 1. The molecule has 1 fully saturated rings. The number of rotatable bonds is 15. The molecule has 1 saturated heterocycles. The summed E-state index contributed by atoms with van der Waals surface area (Å²) in [7, 11) is 3.16. The van der Waals surface area contributed by atoms with Crippen molar-refractivity contribution >= 4 is 29.4 Å². The fourth-order valence-corrected chi connectivity index (χ4v) is 5.83. The summed E-state index contributed by atoms with van der Waals surface area (Å²) in [6.45, 7) is 2.90. The Morgan fingerprint density at radius 3 is 2.58 bits per heavy atom. The fraction of sp³-hybridized carbons (Fsp3) is 0.414. The summed E-state index contributed by atoms with van der Waals surface area (Å²) in [6, 6.07) is 14.3. The number of nitrogens with zero attached hydrogens (tertiary/aromatic N) is 2. The number of amides is 2. The van der Waals surface area contributed by atoms with Crippen LogP contribution < -0.4 is 14.8 Å². The number of aromatic nitrogens is 2. The second kappa shape index (κ2) is 13.2. The van der Waals surface area contributed by atoms with Crippen LogP contribution >= 0.6 is 11.8 Å². The van der Waals surface area contributed by atoms with Gasteiger partial charge in [0.15, 0.2) is 17.3 Å². The number of carbonyl (C=O) groups is 2. The Labute approximate surface area is 237 Å². The molecule has 2 heterocycles. The van der Waals surface area contributed by atoms with Crippen LogP contribution in [-0.4, -0.2) is 85.1 Å². The molecule has 40 heavy (non-hydrogen) atoms. The zero-order valence-corrected chi connectivity index (χ0v) is 23.6. The van der Waals surface area contributed by atoms with E-state index in [1.165, 1.54) is 29.3 Å². The highest BCUT2D eigenvalue weighted by atomic mass is 32.2. The Morgan fingerprint density at radius 2 is 1.82 bits per heavy atom. The van der Waals surface area contributed by atoms with Crippen LogP contribution in [0.2, 0.25) is 0 Å². The van der Waals surface area contributed by atoms with Crippen molar-refractivity contribution in [1.29, 1.82) is 0 Å². The van der Waals surface area contributed by atoms with Gasteiger partial charge in [-0.2, -0.15) is 5.10 Å². The van der Waals surface area contributed by atoms with Crippen molar-refractivity contribution < 1.29 is 28.5 Å². The Bertz CT molecular complexity index is 1330. The van der Waals surface area contributed by atoms with E-state index in [1.54, 1.807) is 7.11 Å². The number of carbonyl (C=O) groups excluding carboxylic acids is 2. The molecule has 2 aliphatic rings. The first-order valence-corrected chi connectivity index (χ1v) is 14.4. The summed E-state index contributed by atoms with van der Waals surface area (Å²) in [5.74, 6) is 2.62. The fourth-order valence-electron chi connectivity index (χ4n) is 4.77. The van der Waals surface area contributed by atoms with Crippen molar-refractivity contribution in [2.75, 3.05) is 58.3 Å². The molecule has 2 N–H and O–H groups in total. The molecular formula is C29H34N4O6S. The summed E-state index contributed by atoms with van der Waals surface area (Å²) in [5, 5.41) is 10.8. The third-order valence-corrected chi connectivity index (χ3v) is 8.11. The average molecular weight is 567 g/mol. The van der Waals surface area contributed by atoms with Crippen molar-refractivity contribution in [2.24, 2.45) is 0 Å². The van der Waals surface area contributed by atoms with E-state index >= 15 is 0 Å². The van der Waals surface area contributed by atoms with Gasteiger partial charge >= 0.3 is 0 Å². The lowest BCUT2D eigenvalue weighted by Gasteiger charge is -2.13. The topological polar surface area (TPSA) is 115 Å². The molecule has 0 spiro atoms. The van der Waals surface area contributed by atoms with Gasteiger partial charge in [0.05, 0.1) is 44.5 Å². The average Bonchev–Trinajstić information content (AvgIpc) is 3.61. The van der Waals surface area contributed by atoms with E-state index in [9.17, 15) is 9.59 Å². The smallest absolute Gasteiger partial charge is 0.242 e. The van der Waals surface area contributed by atoms with Gasteiger partial charge in [0, 0.05) is 43.3 Å². The molecule has 1 aromatic heterocycles. The van der Waals surface area contributed by atoms with Crippen LogP contribution in [-0.2, 0) is 32.0 Å². The van der Waals surface area contributed by atoms with Gasteiger partial charge in [-0.25, -0.2) is 0 Å². The second-order valence-electron chi connectivity index (χ2n) is 9.53. The number of benzene rings is 2. The zero-order chi connectivity index (χ0) is 27.9. The van der Waals surface area contributed by atoms with Gasteiger partial charge in [-0.1, -0.05) is 30.3 Å².